The van der Waals surface area contributed by atoms with Crippen LogP contribution in [0.1, 0.15) is 22.6 Å². The zero-order chi connectivity index (χ0) is 8.97. The predicted octanol–water partition coefficient (Wildman–Crippen LogP) is 3.10. The first kappa shape index (κ1) is 10.2. The highest BCUT2D eigenvalue weighted by Gasteiger charge is 2.01. The highest BCUT2D eigenvalue weighted by molar-refractivity contribution is 9.10. The summed E-state index contributed by atoms with van der Waals surface area (Å²) in [6.45, 7) is 2.95. The van der Waals surface area contributed by atoms with Gasteiger partial charge in [0.15, 0.2) is 0 Å². The van der Waals surface area contributed by atoms with Crippen molar-refractivity contribution in [1.29, 1.82) is 0 Å². The van der Waals surface area contributed by atoms with Gasteiger partial charge in [0, 0.05) is 14.2 Å². The molecule has 12 heavy (non-hydrogen) atoms. The summed E-state index contributed by atoms with van der Waals surface area (Å²) < 4.78 is 1.25. The van der Waals surface area contributed by atoms with Crippen molar-refractivity contribution in [3.63, 3.8) is 0 Å². The Hall–Kier alpha value is 0.140. The van der Waals surface area contributed by atoms with Crippen LogP contribution in [0.5, 0.6) is 0 Å². The topological polar surface area (TPSA) is 26.0 Å². The van der Waals surface area contributed by atoms with Crippen molar-refractivity contribution in [2.75, 3.05) is 6.54 Å². The van der Waals surface area contributed by atoms with Crippen molar-refractivity contribution < 1.29 is 0 Å². The lowest BCUT2D eigenvalue weighted by Gasteiger charge is -1.94. The van der Waals surface area contributed by atoms with E-state index in [9.17, 15) is 0 Å². The third-order valence-electron chi connectivity index (χ3n) is 1.79. The van der Waals surface area contributed by atoms with Crippen LogP contribution < -0.4 is 5.73 Å². The quantitative estimate of drug-likeness (QED) is 0.814. The lowest BCUT2D eigenvalue weighted by molar-refractivity contribution is 0.751. The van der Waals surface area contributed by atoms with Crippen molar-refractivity contribution in [3.05, 3.63) is 20.3 Å². The summed E-state index contributed by atoms with van der Waals surface area (Å²) in [7, 11) is 0. The van der Waals surface area contributed by atoms with Gasteiger partial charge in [0.2, 0.25) is 0 Å². The summed E-state index contributed by atoms with van der Waals surface area (Å²) in [5, 5.41) is 0. The smallest absolute Gasteiger partial charge is 0.0314 e. The largest absolute Gasteiger partial charge is 0.330 e. The highest BCUT2D eigenvalue weighted by atomic mass is 79.9. The van der Waals surface area contributed by atoms with E-state index in [4.69, 9.17) is 5.73 Å². The molecule has 0 saturated carbocycles. The van der Waals surface area contributed by atoms with E-state index in [2.05, 4.69) is 28.9 Å². The number of aryl methyl sites for hydroxylation is 2. The van der Waals surface area contributed by atoms with E-state index in [0.717, 1.165) is 13.0 Å². The molecule has 0 fully saturated rings. The third-order valence-corrected chi connectivity index (χ3v) is 3.98. The number of rotatable bonds is 4. The van der Waals surface area contributed by atoms with Gasteiger partial charge in [0.1, 0.15) is 0 Å². The number of hydrogen-bond donors (Lipinski definition) is 1. The van der Waals surface area contributed by atoms with Crippen LogP contribution in [0, 0.1) is 6.92 Å². The Labute approximate surface area is 86.1 Å². The van der Waals surface area contributed by atoms with Gasteiger partial charge in [-0.05, 0) is 54.7 Å². The number of hydrogen-bond acceptors (Lipinski definition) is 2. The van der Waals surface area contributed by atoms with Crippen molar-refractivity contribution in [1.82, 2.24) is 0 Å². The summed E-state index contributed by atoms with van der Waals surface area (Å²) in [6.07, 6.45) is 3.52. The fraction of sp³-hybridized carbons (Fsp3) is 0.556. The molecule has 0 amide bonds. The van der Waals surface area contributed by atoms with Crippen molar-refractivity contribution in [3.8, 4) is 0 Å². The molecule has 1 rings (SSSR count). The van der Waals surface area contributed by atoms with Gasteiger partial charge < -0.3 is 5.73 Å². The molecule has 0 aliphatic heterocycles. The van der Waals surface area contributed by atoms with E-state index in [1.165, 1.54) is 27.1 Å². The lowest BCUT2D eigenvalue weighted by Crippen LogP contribution is -1.98. The zero-order valence-corrected chi connectivity index (χ0v) is 9.67. The molecule has 0 radical (unpaired) electrons. The molecule has 1 nitrogen and oxygen atoms in total. The van der Waals surface area contributed by atoms with Crippen LogP contribution in [0.4, 0.5) is 0 Å². The van der Waals surface area contributed by atoms with E-state index in [1.807, 2.05) is 11.3 Å². The van der Waals surface area contributed by atoms with E-state index in [1.54, 1.807) is 0 Å². The van der Waals surface area contributed by atoms with E-state index < -0.39 is 0 Å². The van der Waals surface area contributed by atoms with Crippen LogP contribution >= 0.6 is 27.3 Å². The van der Waals surface area contributed by atoms with Gasteiger partial charge in [-0.1, -0.05) is 0 Å². The molecule has 1 aromatic rings. The second kappa shape index (κ2) is 5.00. The fourth-order valence-corrected chi connectivity index (χ4v) is 2.73. The van der Waals surface area contributed by atoms with Crippen LogP contribution in [0.25, 0.3) is 0 Å². The maximum Gasteiger partial charge on any atom is 0.0314 e. The van der Waals surface area contributed by atoms with Crippen LogP contribution in [-0.2, 0) is 6.42 Å². The molecule has 1 heterocycles. The second-order valence-electron chi connectivity index (χ2n) is 2.86. The summed E-state index contributed by atoms with van der Waals surface area (Å²) in [5.74, 6) is 0. The maximum atomic E-state index is 5.42. The van der Waals surface area contributed by atoms with E-state index in [0.29, 0.717) is 0 Å². The predicted molar refractivity (Wildman–Crippen MR) is 58.7 cm³/mol. The van der Waals surface area contributed by atoms with Gasteiger partial charge in [0.05, 0.1) is 0 Å². The minimum absolute atomic E-state index is 0.811. The first-order valence-corrected chi connectivity index (χ1v) is 5.80. The molecule has 0 aliphatic carbocycles. The van der Waals surface area contributed by atoms with Gasteiger partial charge >= 0.3 is 0 Å². The normalized spacial score (nSPS) is 10.6. The summed E-state index contributed by atoms with van der Waals surface area (Å²) in [6, 6.07) is 2.22. The summed E-state index contributed by atoms with van der Waals surface area (Å²) >= 11 is 5.39. The fourth-order valence-electron chi connectivity index (χ4n) is 1.08. The van der Waals surface area contributed by atoms with Crippen LogP contribution in [0.2, 0.25) is 0 Å². The molecular formula is C9H14BrNS. The molecule has 0 unspecified atom stereocenters. The van der Waals surface area contributed by atoms with E-state index >= 15 is 0 Å². The van der Waals surface area contributed by atoms with Gasteiger partial charge in [-0.2, -0.15) is 0 Å². The van der Waals surface area contributed by atoms with Crippen LogP contribution in [-0.4, -0.2) is 6.54 Å². The van der Waals surface area contributed by atoms with Crippen molar-refractivity contribution >= 4 is 27.3 Å². The monoisotopic (exact) mass is 247 g/mol. The highest BCUT2D eigenvalue weighted by Crippen LogP contribution is 2.27. The van der Waals surface area contributed by atoms with Gasteiger partial charge in [0.25, 0.3) is 0 Å². The van der Waals surface area contributed by atoms with Gasteiger partial charge in [-0.3, -0.25) is 0 Å². The van der Waals surface area contributed by atoms with Crippen molar-refractivity contribution in [2.24, 2.45) is 5.73 Å². The molecule has 0 saturated heterocycles. The molecule has 0 spiro atoms. The van der Waals surface area contributed by atoms with E-state index in [-0.39, 0.29) is 0 Å². The molecule has 2 N–H and O–H groups in total. The van der Waals surface area contributed by atoms with Gasteiger partial charge in [-0.15, -0.1) is 11.3 Å². The Balaban J connectivity index is 2.42. The number of nitrogens with two attached hydrogens (primary N) is 1. The number of halogens is 1. The molecule has 68 valence electrons. The molecule has 0 aliphatic rings. The second-order valence-corrected chi connectivity index (χ2v) is 5.06. The Morgan fingerprint density at radius 2 is 2.25 bits per heavy atom. The summed E-state index contributed by atoms with van der Waals surface area (Å²) in [5.41, 5.74) is 5.42. The molecule has 0 aromatic carbocycles. The third kappa shape index (κ3) is 2.88. The number of thiophene rings is 1. The Bertz CT molecular complexity index is 225. The Morgan fingerprint density at radius 3 is 2.75 bits per heavy atom. The van der Waals surface area contributed by atoms with Crippen molar-refractivity contribution in [2.45, 2.75) is 26.2 Å². The lowest BCUT2D eigenvalue weighted by atomic mass is 10.2. The number of unbranched alkanes of at least 4 members (excludes halogenated alkanes) is 1. The first-order valence-electron chi connectivity index (χ1n) is 4.19. The average molecular weight is 248 g/mol. The van der Waals surface area contributed by atoms with Crippen LogP contribution in [0.3, 0.4) is 0 Å². The minimum Gasteiger partial charge on any atom is -0.330 e. The SMILES string of the molecule is Cc1sc(CCCCN)cc1Br. The molecule has 1 aromatic heterocycles. The zero-order valence-electron chi connectivity index (χ0n) is 7.27. The molecule has 0 atom stereocenters. The first-order chi connectivity index (χ1) is 5.74. The maximum absolute atomic E-state index is 5.42. The molecule has 0 bridgehead atoms. The average Bonchev–Trinajstić information content (AvgIpc) is 2.32. The summed E-state index contributed by atoms with van der Waals surface area (Å²) in [4.78, 5) is 2.84. The molecular weight excluding hydrogens is 234 g/mol. The van der Waals surface area contributed by atoms with Gasteiger partial charge in [-0.25, -0.2) is 0 Å². The molecule has 3 heteroatoms. The standard InChI is InChI=1S/C9H14BrNS/c1-7-9(10)6-8(12-7)4-2-3-5-11/h6H,2-5,11H2,1H3. The van der Waals surface area contributed by atoms with Crippen LogP contribution in [0.15, 0.2) is 10.5 Å². The minimum atomic E-state index is 0.811. The Morgan fingerprint density at radius 1 is 1.50 bits per heavy atom. The Kier molecular flexibility index (Phi) is 4.26.